The van der Waals surface area contributed by atoms with E-state index < -0.39 is 0 Å². The third kappa shape index (κ3) is 5.11. The van der Waals surface area contributed by atoms with Crippen molar-refractivity contribution in [3.63, 3.8) is 0 Å². The summed E-state index contributed by atoms with van der Waals surface area (Å²) in [5.41, 5.74) is 0.724. The Balaban J connectivity index is 1.32. The maximum Gasteiger partial charge on any atom is 0.277 e. The Hall–Kier alpha value is -3.73. The molecule has 0 bridgehead atoms. The molecule has 2 heterocycles. The van der Waals surface area contributed by atoms with Crippen LogP contribution in [0, 0.1) is 0 Å². The van der Waals surface area contributed by atoms with Gasteiger partial charge >= 0.3 is 0 Å². The first-order valence-corrected chi connectivity index (χ1v) is 10.4. The van der Waals surface area contributed by atoms with E-state index >= 15 is 0 Å². The van der Waals surface area contributed by atoms with Crippen molar-refractivity contribution in [2.24, 2.45) is 0 Å². The van der Waals surface area contributed by atoms with Crippen molar-refractivity contribution in [3.05, 3.63) is 54.2 Å². The van der Waals surface area contributed by atoms with Crippen LogP contribution in [0.3, 0.4) is 0 Å². The fourth-order valence-corrected chi connectivity index (χ4v) is 3.31. The van der Waals surface area contributed by atoms with Crippen molar-refractivity contribution in [1.82, 2.24) is 20.4 Å². The fourth-order valence-electron chi connectivity index (χ4n) is 2.69. The molecule has 2 aromatic heterocycles. The zero-order chi connectivity index (χ0) is 22.3. The van der Waals surface area contributed by atoms with Gasteiger partial charge in [0.1, 0.15) is 11.5 Å². The summed E-state index contributed by atoms with van der Waals surface area (Å²) in [6.45, 7) is 0.157. The Morgan fingerprint density at radius 2 is 1.50 bits per heavy atom. The van der Waals surface area contributed by atoms with Gasteiger partial charge in [-0.2, -0.15) is 0 Å². The van der Waals surface area contributed by atoms with Gasteiger partial charge in [0.25, 0.3) is 11.1 Å². The zero-order valence-electron chi connectivity index (χ0n) is 17.6. The van der Waals surface area contributed by atoms with Crippen LogP contribution in [0.2, 0.25) is 0 Å². The predicted octanol–water partition coefficient (Wildman–Crippen LogP) is 4.02. The summed E-state index contributed by atoms with van der Waals surface area (Å²) in [7, 11) is 4.75. The molecule has 0 aliphatic heterocycles. The Kier molecular flexibility index (Phi) is 6.75. The van der Waals surface area contributed by atoms with E-state index in [0.29, 0.717) is 45.9 Å². The lowest BCUT2D eigenvalue weighted by molar-refractivity contribution is 0.252. The summed E-state index contributed by atoms with van der Waals surface area (Å²) >= 11 is 1.29. The lowest BCUT2D eigenvalue weighted by Crippen LogP contribution is -1.95. The standard InChI is InChI=1S/C21H20N4O6S/c1-26-14-5-7-15(8-6-14)29-11-18-22-25-21(31-18)32-12-19-23-24-20(30-19)13-4-9-16(27-2)17(10-13)28-3/h4-10H,11-12H2,1-3H3. The van der Waals surface area contributed by atoms with Gasteiger partial charge in [-0.3, -0.25) is 0 Å². The monoisotopic (exact) mass is 456 g/mol. The van der Waals surface area contributed by atoms with Gasteiger partial charge in [-0.15, -0.1) is 20.4 Å². The van der Waals surface area contributed by atoms with Crippen molar-refractivity contribution < 1.29 is 27.8 Å². The van der Waals surface area contributed by atoms with Crippen LogP contribution < -0.4 is 18.9 Å². The summed E-state index contributed by atoms with van der Waals surface area (Å²) in [4.78, 5) is 0. The minimum absolute atomic E-state index is 0.157. The number of hydrogen-bond donors (Lipinski definition) is 0. The van der Waals surface area contributed by atoms with Crippen LogP contribution in [0.15, 0.2) is 56.5 Å². The van der Waals surface area contributed by atoms with E-state index in [9.17, 15) is 0 Å². The Bertz CT molecular complexity index is 1160. The molecule has 0 spiro atoms. The molecule has 0 aliphatic carbocycles. The lowest BCUT2D eigenvalue weighted by atomic mass is 10.2. The smallest absolute Gasteiger partial charge is 0.277 e. The summed E-state index contributed by atoms with van der Waals surface area (Å²) in [6, 6.07) is 12.6. The molecule has 0 saturated heterocycles. The van der Waals surface area contributed by atoms with Crippen molar-refractivity contribution in [2.75, 3.05) is 21.3 Å². The molecule has 0 fully saturated rings. The highest BCUT2D eigenvalue weighted by Crippen LogP contribution is 2.32. The Morgan fingerprint density at radius 3 is 2.25 bits per heavy atom. The van der Waals surface area contributed by atoms with Crippen molar-refractivity contribution in [3.8, 4) is 34.5 Å². The third-order valence-electron chi connectivity index (χ3n) is 4.29. The first-order valence-electron chi connectivity index (χ1n) is 9.45. The van der Waals surface area contributed by atoms with Crippen LogP contribution in [0.4, 0.5) is 0 Å². The van der Waals surface area contributed by atoms with Gasteiger partial charge < -0.3 is 27.8 Å². The molecular formula is C21H20N4O6S. The molecule has 0 aliphatic rings. The average molecular weight is 456 g/mol. The average Bonchev–Trinajstić information content (AvgIpc) is 3.51. The Labute approximate surface area is 187 Å². The highest BCUT2D eigenvalue weighted by Gasteiger charge is 2.14. The van der Waals surface area contributed by atoms with Gasteiger partial charge in [0.15, 0.2) is 18.1 Å². The molecule has 10 nitrogen and oxygen atoms in total. The van der Waals surface area contributed by atoms with Gasteiger partial charge in [-0.1, -0.05) is 11.8 Å². The molecule has 0 unspecified atom stereocenters. The second-order valence-corrected chi connectivity index (χ2v) is 7.21. The number of rotatable bonds is 10. The van der Waals surface area contributed by atoms with Crippen LogP contribution in [-0.2, 0) is 12.4 Å². The Morgan fingerprint density at radius 1 is 0.750 bits per heavy atom. The highest BCUT2D eigenvalue weighted by atomic mass is 32.2. The van der Waals surface area contributed by atoms with Gasteiger partial charge in [0.2, 0.25) is 11.8 Å². The normalized spacial score (nSPS) is 10.7. The number of nitrogens with zero attached hydrogens (tertiary/aromatic N) is 4. The molecule has 4 rings (SSSR count). The lowest BCUT2D eigenvalue weighted by Gasteiger charge is -2.07. The first kappa shape index (κ1) is 21.5. The van der Waals surface area contributed by atoms with E-state index in [4.69, 9.17) is 27.8 Å². The third-order valence-corrected chi connectivity index (χ3v) is 5.09. The maximum absolute atomic E-state index is 5.73. The maximum atomic E-state index is 5.73. The predicted molar refractivity (Wildman–Crippen MR) is 114 cm³/mol. The van der Waals surface area contributed by atoms with Crippen LogP contribution in [0.1, 0.15) is 11.8 Å². The summed E-state index contributed by atoms with van der Waals surface area (Å²) in [5.74, 6) is 4.16. The van der Waals surface area contributed by atoms with Crippen LogP contribution in [-0.4, -0.2) is 41.7 Å². The van der Waals surface area contributed by atoms with Crippen LogP contribution >= 0.6 is 11.8 Å². The minimum atomic E-state index is 0.157. The molecule has 11 heteroatoms. The van der Waals surface area contributed by atoms with Crippen molar-refractivity contribution in [2.45, 2.75) is 17.6 Å². The van der Waals surface area contributed by atoms with E-state index in [1.807, 2.05) is 18.2 Å². The summed E-state index contributed by atoms with van der Waals surface area (Å²) < 4.78 is 32.6. The number of aromatic nitrogens is 4. The van der Waals surface area contributed by atoms with Crippen LogP contribution in [0.5, 0.6) is 23.0 Å². The van der Waals surface area contributed by atoms with Crippen LogP contribution in [0.25, 0.3) is 11.5 Å². The van der Waals surface area contributed by atoms with Crippen molar-refractivity contribution in [1.29, 1.82) is 0 Å². The molecule has 4 aromatic rings. The van der Waals surface area contributed by atoms with Gasteiger partial charge in [0.05, 0.1) is 27.1 Å². The van der Waals surface area contributed by atoms with E-state index in [2.05, 4.69) is 20.4 Å². The number of thioether (sulfide) groups is 1. The number of hydrogen-bond acceptors (Lipinski definition) is 11. The molecule has 166 valence electrons. The molecule has 32 heavy (non-hydrogen) atoms. The largest absolute Gasteiger partial charge is 0.497 e. The minimum Gasteiger partial charge on any atom is -0.497 e. The second-order valence-electron chi connectivity index (χ2n) is 6.29. The van der Waals surface area contributed by atoms with E-state index in [-0.39, 0.29) is 6.61 Å². The van der Waals surface area contributed by atoms with Gasteiger partial charge in [0, 0.05) is 5.56 Å². The zero-order valence-corrected chi connectivity index (χ0v) is 18.4. The summed E-state index contributed by atoms with van der Waals surface area (Å²) in [5, 5.41) is 16.5. The molecule has 0 saturated carbocycles. The quantitative estimate of drug-likeness (QED) is 0.322. The topological polar surface area (TPSA) is 115 Å². The number of ether oxygens (including phenoxy) is 4. The van der Waals surface area contributed by atoms with Gasteiger partial charge in [-0.25, -0.2) is 0 Å². The molecule has 0 atom stereocenters. The number of benzene rings is 2. The fraction of sp³-hybridized carbons (Fsp3) is 0.238. The molecular weight excluding hydrogens is 436 g/mol. The molecule has 0 N–H and O–H groups in total. The molecule has 0 radical (unpaired) electrons. The molecule has 2 aromatic carbocycles. The summed E-state index contributed by atoms with van der Waals surface area (Å²) in [6.07, 6.45) is 0. The van der Waals surface area contributed by atoms with E-state index in [1.54, 1.807) is 45.6 Å². The first-order chi connectivity index (χ1) is 15.7. The van der Waals surface area contributed by atoms with Crippen molar-refractivity contribution >= 4 is 11.8 Å². The van der Waals surface area contributed by atoms with E-state index in [1.165, 1.54) is 11.8 Å². The number of methoxy groups -OCH3 is 3. The second kappa shape index (κ2) is 10.1. The SMILES string of the molecule is COc1ccc(OCc2nnc(SCc3nnc(-c4ccc(OC)c(OC)c4)o3)o2)cc1. The van der Waals surface area contributed by atoms with E-state index in [0.717, 1.165) is 11.3 Å². The van der Waals surface area contributed by atoms with Gasteiger partial charge in [-0.05, 0) is 42.5 Å². The highest BCUT2D eigenvalue weighted by molar-refractivity contribution is 7.98. The molecule has 0 amide bonds.